The molecule has 0 unspecified atom stereocenters. The average molecular weight is 667 g/mol. The van der Waals surface area contributed by atoms with E-state index in [4.69, 9.17) is 9.47 Å². The molecule has 3 aromatic rings. The minimum absolute atomic E-state index is 0.0389. The van der Waals surface area contributed by atoms with E-state index in [1.165, 1.54) is 12.1 Å². The Morgan fingerprint density at radius 3 is 1.87 bits per heavy atom. The van der Waals surface area contributed by atoms with E-state index in [1.54, 1.807) is 45.0 Å². The van der Waals surface area contributed by atoms with Gasteiger partial charge >= 0.3 is 27.8 Å². The molecule has 46 heavy (non-hydrogen) atoms. The molecule has 0 aliphatic carbocycles. The molecule has 3 N–H and O–H groups in total. The Hall–Kier alpha value is -4.30. The zero-order chi connectivity index (χ0) is 34.0. The number of nitrogens with one attached hydrogen (secondary N) is 2. The molecule has 0 aliphatic heterocycles. The van der Waals surface area contributed by atoms with Crippen molar-refractivity contribution in [1.29, 1.82) is 0 Å². The quantitative estimate of drug-likeness (QED) is 0.157. The highest BCUT2D eigenvalue weighted by atomic mass is 32.2. The number of alkyl halides is 3. The first-order chi connectivity index (χ1) is 21.5. The van der Waals surface area contributed by atoms with Gasteiger partial charge in [-0.25, -0.2) is 9.59 Å². The predicted octanol–water partition coefficient (Wildman–Crippen LogP) is 5.64. The van der Waals surface area contributed by atoms with Gasteiger partial charge in [0.15, 0.2) is 0 Å². The molecular formula is C32H37F3N2O8S. The van der Waals surface area contributed by atoms with Gasteiger partial charge in [-0.1, -0.05) is 72.8 Å². The third kappa shape index (κ3) is 12.2. The van der Waals surface area contributed by atoms with Gasteiger partial charge in [-0.2, -0.15) is 21.6 Å². The van der Waals surface area contributed by atoms with Crippen LogP contribution in [0.3, 0.4) is 0 Å². The van der Waals surface area contributed by atoms with Crippen LogP contribution in [-0.4, -0.2) is 55.0 Å². The van der Waals surface area contributed by atoms with Gasteiger partial charge < -0.3 is 29.4 Å². The number of hydrogen-bond donors (Lipinski definition) is 3. The lowest BCUT2D eigenvalue weighted by Gasteiger charge is -2.29. The van der Waals surface area contributed by atoms with E-state index in [0.29, 0.717) is 12.0 Å². The van der Waals surface area contributed by atoms with Gasteiger partial charge in [0.05, 0.1) is 12.1 Å². The molecule has 14 heteroatoms. The second-order valence-electron chi connectivity index (χ2n) is 11.5. The Bertz CT molecular complexity index is 1510. The van der Waals surface area contributed by atoms with Crippen LogP contribution in [0.4, 0.5) is 22.8 Å². The molecule has 0 bridgehead atoms. The van der Waals surface area contributed by atoms with Crippen LogP contribution in [0.15, 0.2) is 84.9 Å². The summed E-state index contributed by atoms with van der Waals surface area (Å²) in [6, 6.07) is 21.1. The molecule has 0 saturated carbocycles. The van der Waals surface area contributed by atoms with Crippen molar-refractivity contribution in [2.45, 2.75) is 75.9 Å². The third-order valence-corrected chi connectivity index (χ3v) is 7.40. The van der Waals surface area contributed by atoms with Crippen molar-refractivity contribution in [2.75, 3.05) is 0 Å². The predicted molar refractivity (Wildman–Crippen MR) is 163 cm³/mol. The molecule has 3 aromatic carbocycles. The van der Waals surface area contributed by atoms with Gasteiger partial charge in [0.25, 0.3) is 0 Å². The highest BCUT2D eigenvalue weighted by Crippen LogP contribution is 2.27. The Balaban J connectivity index is 1.80. The molecule has 3 rings (SSSR count). The minimum atomic E-state index is -5.86. The van der Waals surface area contributed by atoms with Gasteiger partial charge in [0, 0.05) is 6.04 Å². The first-order valence-corrected chi connectivity index (χ1v) is 15.7. The maximum Gasteiger partial charge on any atom is 0.534 e. The fourth-order valence-corrected chi connectivity index (χ4v) is 4.79. The summed E-state index contributed by atoms with van der Waals surface area (Å²) in [4.78, 5) is 25.5. The van der Waals surface area contributed by atoms with Crippen molar-refractivity contribution in [1.82, 2.24) is 10.6 Å². The van der Waals surface area contributed by atoms with E-state index in [0.717, 1.165) is 23.3 Å². The van der Waals surface area contributed by atoms with Gasteiger partial charge in [-0.05, 0) is 68.9 Å². The maximum atomic E-state index is 12.8. The van der Waals surface area contributed by atoms with Crippen LogP contribution in [0.5, 0.6) is 5.75 Å². The molecular weight excluding hydrogens is 629 g/mol. The Morgan fingerprint density at radius 2 is 1.33 bits per heavy atom. The van der Waals surface area contributed by atoms with Crippen molar-refractivity contribution in [3.63, 3.8) is 0 Å². The van der Waals surface area contributed by atoms with Crippen LogP contribution in [0.2, 0.25) is 0 Å². The summed E-state index contributed by atoms with van der Waals surface area (Å²) < 4.78 is 75.8. The number of ether oxygens (including phenoxy) is 2. The first-order valence-electron chi connectivity index (χ1n) is 14.3. The zero-order valence-electron chi connectivity index (χ0n) is 25.5. The van der Waals surface area contributed by atoms with E-state index in [1.807, 2.05) is 36.4 Å². The molecule has 0 saturated heterocycles. The maximum absolute atomic E-state index is 12.8. The Labute approximate surface area is 266 Å². The number of rotatable bonds is 13. The summed E-state index contributed by atoms with van der Waals surface area (Å²) in [6.45, 7) is 5.09. The Morgan fingerprint density at radius 1 is 0.783 bits per heavy atom. The van der Waals surface area contributed by atoms with Gasteiger partial charge in [0.2, 0.25) is 0 Å². The largest absolute Gasteiger partial charge is 0.534 e. The van der Waals surface area contributed by atoms with Crippen LogP contribution in [-0.2, 0) is 39.0 Å². The molecule has 0 spiro atoms. The number of aliphatic hydroxyl groups is 1. The van der Waals surface area contributed by atoms with Crippen LogP contribution in [0, 0.1) is 0 Å². The van der Waals surface area contributed by atoms with E-state index in [2.05, 4.69) is 14.8 Å². The number of alkyl carbamates (subject to hydrolysis) is 2. The summed E-state index contributed by atoms with van der Waals surface area (Å²) >= 11 is 0. The molecule has 250 valence electrons. The summed E-state index contributed by atoms with van der Waals surface area (Å²) in [5.74, 6) is -0.571. The van der Waals surface area contributed by atoms with Crippen LogP contribution in [0.25, 0.3) is 0 Å². The lowest BCUT2D eigenvalue weighted by molar-refractivity contribution is -0.0500. The average Bonchev–Trinajstić information content (AvgIpc) is 2.96. The minimum Gasteiger partial charge on any atom is -0.445 e. The smallest absolute Gasteiger partial charge is 0.445 e. The second kappa shape index (κ2) is 15.8. The number of aliphatic hydroxyl groups excluding tert-OH is 1. The van der Waals surface area contributed by atoms with E-state index < -0.39 is 57.4 Å². The topological polar surface area (TPSA) is 140 Å². The highest BCUT2D eigenvalue weighted by Gasteiger charge is 2.48. The normalized spacial score (nSPS) is 14.0. The van der Waals surface area contributed by atoms with Gasteiger partial charge in [-0.3, -0.25) is 0 Å². The molecule has 0 radical (unpaired) electrons. The molecule has 10 nitrogen and oxygen atoms in total. The van der Waals surface area contributed by atoms with E-state index in [-0.39, 0.29) is 19.4 Å². The van der Waals surface area contributed by atoms with Crippen molar-refractivity contribution in [2.24, 2.45) is 0 Å². The van der Waals surface area contributed by atoms with Crippen molar-refractivity contribution in [3.05, 3.63) is 102 Å². The standard InChI is InChI=1S/C32H37F3N2O8S/c1-31(2,3)44-30(40)36-25(18-22-10-6-4-7-11-22)20-28(38)27(37-29(39)43-21-24-12-8-5-9-13-24)19-23-14-16-26(17-15-23)45-46(41,42)32(33,34)35/h4-17,25,27-28,38H,18-21H2,1-3H3,(H,36,40)(H,37,39)/t25-,27-,28-/m0/s1. The van der Waals surface area contributed by atoms with Crippen LogP contribution < -0.4 is 14.8 Å². The third-order valence-electron chi connectivity index (χ3n) is 6.42. The van der Waals surface area contributed by atoms with E-state index >= 15 is 0 Å². The number of hydrogen-bond acceptors (Lipinski definition) is 8. The van der Waals surface area contributed by atoms with Crippen LogP contribution >= 0.6 is 0 Å². The number of carbonyl (C=O) groups is 2. The number of benzene rings is 3. The van der Waals surface area contributed by atoms with Crippen LogP contribution in [0.1, 0.15) is 43.9 Å². The fraction of sp³-hybridized carbons (Fsp3) is 0.375. The molecule has 0 aliphatic rings. The highest BCUT2D eigenvalue weighted by molar-refractivity contribution is 7.88. The van der Waals surface area contributed by atoms with Gasteiger partial charge in [0.1, 0.15) is 18.0 Å². The number of amides is 2. The summed E-state index contributed by atoms with van der Waals surface area (Å²) in [5, 5.41) is 16.8. The summed E-state index contributed by atoms with van der Waals surface area (Å²) in [6.07, 6.45) is -2.57. The summed E-state index contributed by atoms with van der Waals surface area (Å²) in [5.41, 5.74) is -4.37. The number of halogens is 3. The molecule has 0 aromatic heterocycles. The Kier molecular flexibility index (Phi) is 12.4. The lowest BCUT2D eigenvalue weighted by atomic mass is 9.93. The fourth-order valence-electron chi connectivity index (χ4n) is 4.33. The second-order valence-corrected chi connectivity index (χ2v) is 13.0. The molecule has 2 amide bonds. The lowest BCUT2D eigenvalue weighted by Crippen LogP contribution is -2.49. The number of carbonyl (C=O) groups excluding carboxylic acids is 2. The molecule has 3 atom stereocenters. The SMILES string of the molecule is CC(C)(C)OC(=O)N[C@@H](Cc1ccccc1)C[C@H](O)[C@H](Cc1ccc(OS(=O)(=O)C(F)(F)F)cc1)NC(=O)OCc1ccccc1. The van der Waals surface area contributed by atoms with Crippen molar-refractivity contribution >= 4 is 22.3 Å². The van der Waals surface area contributed by atoms with Crippen molar-refractivity contribution in [3.8, 4) is 5.75 Å². The van der Waals surface area contributed by atoms with Crippen molar-refractivity contribution < 1.29 is 49.9 Å². The first kappa shape index (κ1) is 36.2. The summed E-state index contributed by atoms with van der Waals surface area (Å²) in [7, 11) is -5.86. The zero-order valence-corrected chi connectivity index (χ0v) is 26.3. The molecule has 0 heterocycles. The van der Waals surface area contributed by atoms with Gasteiger partial charge in [-0.15, -0.1) is 0 Å². The molecule has 0 fully saturated rings. The van der Waals surface area contributed by atoms with E-state index in [9.17, 15) is 36.3 Å². The monoisotopic (exact) mass is 666 g/mol.